The molecule has 2 aliphatic rings. The number of carbonyl (C=O) groups excluding carboxylic acids is 2. The normalized spacial score (nSPS) is 25.6. The monoisotopic (exact) mass is 392 g/mol. The van der Waals surface area contributed by atoms with Crippen molar-refractivity contribution in [1.82, 2.24) is 10.6 Å². The number of hydrogen-bond acceptors (Lipinski definition) is 4. The van der Waals surface area contributed by atoms with Crippen LogP contribution in [0.4, 0.5) is 4.79 Å². The number of unbranched alkanes of at least 4 members (excludes halogenated alkanes) is 3. The van der Waals surface area contributed by atoms with E-state index in [2.05, 4.69) is 38.3 Å². The number of ether oxygens (including phenoxy) is 2. The number of rotatable bonds is 11. The Hall–Kier alpha value is -1.82. The zero-order chi connectivity index (χ0) is 20.9. The van der Waals surface area contributed by atoms with Crippen LogP contribution in [0, 0.1) is 10.8 Å². The summed E-state index contributed by atoms with van der Waals surface area (Å²) in [6.07, 6.45) is 3.56. The van der Waals surface area contributed by atoms with Gasteiger partial charge >= 0.3 is 6.09 Å². The van der Waals surface area contributed by atoms with Crippen LogP contribution in [0.15, 0.2) is 22.3 Å². The van der Waals surface area contributed by atoms with Gasteiger partial charge in [-0.1, -0.05) is 37.8 Å². The third kappa shape index (κ3) is 3.84. The molecule has 0 spiro atoms. The molecule has 2 N–H and O–H groups in total. The second kappa shape index (κ2) is 9.12. The van der Waals surface area contributed by atoms with Gasteiger partial charge in [0.2, 0.25) is 5.91 Å². The van der Waals surface area contributed by atoms with Gasteiger partial charge in [-0.15, -0.1) is 0 Å². The van der Waals surface area contributed by atoms with Crippen molar-refractivity contribution in [2.24, 2.45) is 10.8 Å². The quantitative estimate of drug-likeness (QED) is 0.415. The first-order valence-electron chi connectivity index (χ1n) is 10.3. The van der Waals surface area contributed by atoms with Gasteiger partial charge in [0, 0.05) is 38.0 Å². The van der Waals surface area contributed by atoms with E-state index in [0.717, 1.165) is 32.2 Å². The van der Waals surface area contributed by atoms with Crippen molar-refractivity contribution in [1.29, 1.82) is 0 Å². The summed E-state index contributed by atoms with van der Waals surface area (Å²) in [6.45, 7) is 12.6. The number of alkyl carbamates (subject to hydrolysis) is 1. The van der Waals surface area contributed by atoms with Crippen LogP contribution in [0.5, 0.6) is 0 Å². The van der Waals surface area contributed by atoms with Gasteiger partial charge in [-0.25, -0.2) is 4.79 Å². The van der Waals surface area contributed by atoms with Crippen LogP contribution in [0.25, 0.3) is 0 Å². The van der Waals surface area contributed by atoms with Gasteiger partial charge in [-0.2, -0.15) is 0 Å². The van der Waals surface area contributed by atoms with Gasteiger partial charge in [-0.05, 0) is 37.8 Å². The fraction of sp³-hybridized carbons (Fsp3) is 0.727. The lowest BCUT2D eigenvalue weighted by molar-refractivity contribution is -0.118. The van der Waals surface area contributed by atoms with Gasteiger partial charge in [-0.3, -0.25) is 4.79 Å². The zero-order valence-corrected chi connectivity index (χ0v) is 18.3. The van der Waals surface area contributed by atoms with Crippen molar-refractivity contribution in [2.45, 2.75) is 60.3 Å². The molecule has 2 amide bonds. The van der Waals surface area contributed by atoms with Crippen molar-refractivity contribution in [3.8, 4) is 0 Å². The predicted molar refractivity (Wildman–Crippen MR) is 110 cm³/mol. The van der Waals surface area contributed by atoms with Crippen LogP contribution < -0.4 is 10.6 Å². The molecule has 0 aromatic heterocycles. The van der Waals surface area contributed by atoms with E-state index in [1.165, 1.54) is 29.2 Å². The molecule has 6 heteroatoms. The maximum absolute atomic E-state index is 12.1. The molecule has 0 aliphatic heterocycles. The average molecular weight is 393 g/mol. The van der Waals surface area contributed by atoms with Crippen molar-refractivity contribution < 1.29 is 19.1 Å². The lowest BCUT2D eigenvalue weighted by Gasteiger charge is -2.68. The molecular weight excluding hydrogens is 356 g/mol. The standard InChI is InChI=1S/C22H36N2O4/c1-15-16(2)22(5)19(18(13-27-6)21(15,22)4)14-28-20(26)24-12-10-8-7-9-11-23-17(3)25/h7-14H2,1-6H3,(H,23,25)(H,24,26). The molecule has 0 aromatic rings. The Morgan fingerprint density at radius 1 is 0.857 bits per heavy atom. The predicted octanol–water partition coefficient (Wildman–Crippen LogP) is 3.73. The van der Waals surface area contributed by atoms with E-state index in [1.54, 1.807) is 7.11 Å². The van der Waals surface area contributed by atoms with E-state index >= 15 is 0 Å². The average Bonchev–Trinajstić information content (AvgIpc) is 2.66. The smallest absolute Gasteiger partial charge is 0.407 e. The zero-order valence-electron chi connectivity index (χ0n) is 18.3. The SMILES string of the molecule is COCC1=C(COC(=O)NCCCCCCNC(C)=O)C2(C)C(C)=C(C)C12C. The highest BCUT2D eigenvalue weighted by molar-refractivity contribution is 5.72. The van der Waals surface area contributed by atoms with Crippen molar-refractivity contribution >= 4 is 12.0 Å². The second-order valence-electron chi connectivity index (χ2n) is 8.29. The van der Waals surface area contributed by atoms with E-state index in [1.807, 2.05) is 0 Å². The van der Waals surface area contributed by atoms with E-state index < -0.39 is 0 Å². The molecule has 28 heavy (non-hydrogen) atoms. The number of hydrogen-bond donors (Lipinski definition) is 2. The lowest BCUT2D eigenvalue weighted by atomic mass is 9.36. The molecule has 2 atom stereocenters. The van der Waals surface area contributed by atoms with Crippen molar-refractivity contribution in [3.05, 3.63) is 22.3 Å². The van der Waals surface area contributed by atoms with Gasteiger partial charge in [0.1, 0.15) is 6.61 Å². The van der Waals surface area contributed by atoms with E-state index in [-0.39, 0.29) is 22.8 Å². The van der Waals surface area contributed by atoms with Gasteiger partial charge in [0.15, 0.2) is 0 Å². The summed E-state index contributed by atoms with van der Waals surface area (Å²) in [5, 5.41) is 5.61. The highest BCUT2D eigenvalue weighted by Gasteiger charge is 2.67. The van der Waals surface area contributed by atoms with Gasteiger partial charge < -0.3 is 20.1 Å². The molecule has 158 valence electrons. The van der Waals surface area contributed by atoms with E-state index in [0.29, 0.717) is 19.8 Å². The topological polar surface area (TPSA) is 76.7 Å². The first-order chi connectivity index (χ1) is 13.2. The Morgan fingerprint density at radius 2 is 1.36 bits per heavy atom. The lowest BCUT2D eigenvalue weighted by Crippen LogP contribution is -2.61. The molecular formula is C22H36N2O4. The van der Waals surface area contributed by atoms with Crippen LogP contribution in [-0.4, -0.2) is 45.4 Å². The summed E-state index contributed by atoms with van der Waals surface area (Å²) < 4.78 is 10.9. The molecule has 2 rings (SSSR count). The summed E-state index contributed by atoms with van der Waals surface area (Å²) in [4.78, 5) is 22.8. The molecule has 6 nitrogen and oxygen atoms in total. The number of amides is 2. The maximum Gasteiger partial charge on any atom is 0.407 e. The summed E-state index contributed by atoms with van der Waals surface area (Å²) in [7, 11) is 1.71. The molecule has 0 fully saturated rings. The van der Waals surface area contributed by atoms with Crippen LogP contribution in [-0.2, 0) is 14.3 Å². The summed E-state index contributed by atoms with van der Waals surface area (Å²) >= 11 is 0. The number of fused-ring (bicyclic) bond motifs is 1. The summed E-state index contributed by atoms with van der Waals surface area (Å²) in [5.74, 6) is 0.0107. The Labute approximate surface area is 169 Å². The summed E-state index contributed by atoms with van der Waals surface area (Å²) in [5.41, 5.74) is 5.26. The molecule has 0 heterocycles. The largest absolute Gasteiger partial charge is 0.445 e. The van der Waals surface area contributed by atoms with Crippen LogP contribution in [0.3, 0.4) is 0 Å². The summed E-state index contributed by atoms with van der Waals surface area (Å²) in [6, 6.07) is 0. The molecule has 0 radical (unpaired) electrons. The molecule has 0 aromatic carbocycles. The molecule has 0 bridgehead atoms. The first kappa shape index (κ1) is 22.5. The van der Waals surface area contributed by atoms with Crippen LogP contribution in [0.2, 0.25) is 0 Å². The molecule has 0 saturated heterocycles. The van der Waals surface area contributed by atoms with E-state index in [9.17, 15) is 9.59 Å². The highest BCUT2D eigenvalue weighted by atomic mass is 16.5. The Bertz CT molecular complexity index is 682. The second-order valence-corrected chi connectivity index (χ2v) is 8.29. The van der Waals surface area contributed by atoms with Gasteiger partial charge in [0.25, 0.3) is 0 Å². The molecule has 2 aliphatic carbocycles. The highest BCUT2D eigenvalue weighted by Crippen LogP contribution is 2.74. The number of allylic oxidation sites excluding steroid dienone is 2. The minimum atomic E-state index is -0.364. The van der Waals surface area contributed by atoms with Crippen LogP contribution in [0.1, 0.15) is 60.3 Å². The van der Waals surface area contributed by atoms with Gasteiger partial charge in [0.05, 0.1) is 6.61 Å². The minimum Gasteiger partial charge on any atom is -0.445 e. The fourth-order valence-electron chi connectivity index (χ4n) is 4.89. The minimum absolute atomic E-state index is 0.0107. The Morgan fingerprint density at radius 3 is 1.86 bits per heavy atom. The number of nitrogens with one attached hydrogen (secondary N) is 2. The molecule has 0 saturated carbocycles. The third-order valence-corrected chi connectivity index (χ3v) is 7.02. The number of carbonyl (C=O) groups is 2. The van der Waals surface area contributed by atoms with Crippen molar-refractivity contribution in [3.63, 3.8) is 0 Å². The van der Waals surface area contributed by atoms with Crippen molar-refractivity contribution in [2.75, 3.05) is 33.4 Å². The van der Waals surface area contributed by atoms with E-state index in [4.69, 9.17) is 9.47 Å². The fourth-order valence-corrected chi connectivity index (χ4v) is 4.89. The third-order valence-electron chi connectivity index (χ3n) is 7.02. The van der Waals surface area contributed by atoms with Crippen LogP contribution >= 0.6 is 0 Å². The first-order valence-corrected chi connectivity index (χ1v) is 10.3. The molecule has 2 unspecified atom stereocenters. The Balaban J connectivity index is 1.71. The maximum atomic E-state index is 12.1. The number of methoxy groups -OCH3 is 1. The Kier molecular flexibility index (Phi) is 7.32.